The van der Waals surface area contributed by atoms with Crippen LogP contribution in [-0.4, -0.2) is 11.6 Å². The van der Waals surface area contributed by atoms with Gasteiger partial charge in [-0.15, -0.1) is 0 Å². The molecule has 1 aliphatic rings. The van der Waals surface area contributed by atoms with Crippen molar-refractivity contribution in [2.45, 2.75) is 53.4 Å². The molecule has 162 valence electrons. The van der Waals surface area contributed by atoms with Crippen LogP contribution in [0.5, 0.6) is 0 Å². The molecule has 0 spiro atoms. The molecular weight excluding hydrogens is 380 g/mol. The quantitative estimate of drug-likeness (QED) is 0.391. The molecule has 0 amide bonds. The summed E-state index contributed by atoms with van der Waals surface area (Å²) in [5, 5.41) is 0. The maximum atomic E-state index is 13.1. The summed E-state index contributed by atoms with van der Waals surface area (Å²) in [6.07, 6.45) is 9.76. The van der Waals surface area contributed by atoms with Crippen molar-refractivity contribution in [3.05, 3.63) is 94.6 Å². The van der Waals surface area contributed by atoms with Crippen molar-refractivity contribution in [3.8, 4) is 0 Å². The van der Waals surface area contributed by atoms with Crippen LogP contribution >= 0.6 is 0 Å². The number of allylic oxidation sites excluding steroid dienone is 4. The second-order valence-corrected chi connectivity index (χ2v) is 9.01. The Hall–Kier alpha value is -2.74. The molecule has 3 rings (SSSR count). The lowest BCUT2D eigenvalue weighted by molar-refractivity contribution is 0.0930. The van der Waals surface area contributed by atoms with Crippen molar-refractivity contribution >= 4 is 11.6 Å². The van der Waals surface area contributed by atoms with Crippen LogP contribution in [0.2, 0.25) is 0 Å². The first-order valence-corrected chi connectivity index (χ1v) is 11.6. The van der Waals surface area contributed by atoms with Crippen molar-refractivity contribution in [2.24, 2.45) is 17.8 Å². The molecule has 0 aliphatic heterocycles. The average Bonchev–Trinajstić information content (AvgIpc) is 3.29. The summed E-state index contributed by atoms with van der Waals surface area (Å²) in [6.45, 7) is 8.86. The summed E-state index contributed by atoms with van der Waals surface area (Å²) in [5.74, 6) is 0.668. The number of hydrogen-bond donors (Lipinski definition) is 0. The fourth-order valence-corrected chi connectivity index (χ4v) is 3.96. The predicted molar refractivity (Wildman–Crippen MR) is 129 cm³/mol. The SMILES string of the molecule is CCC(C)Cc1ccc(C(=O)C2=CC=CC2C(=O)c2ccc(CC(C)CC)cc2)cc1. The summed E-state index contributed by atoms with van der Waals surface area (Å²) in [4.78, 5) is 26.3. The molecule has 3 unspecified atom stereocenters. The standard InChI is InChI=1S/C29H34O2/c1-5-20(3)18-22-10-14-24(15-11-22)28(30)26-8-7-9-27(26)29(31)25-16-12-23(13-17-25)19-21(4)6-2/h7-17,20-21,26H,5-6,18-19H2,1-4H3. The van der Waals surface area contributed by atoms with Gasteiger partial charge >= 0.3 is 0 Å². The van der Waals surface area contributed by atoms with Crippen LogP contribution in [0.3, 0.4) is 0 Å². The normalized spacial score (nSPS) is 17.3. The minimum atomic E-state index is -0.507. The maximum absolute atomic E-state index is 13.1. The molecule has 1 aliphatic carbocycles. The number of carbonyl (C=O) groups is 2. The molecule has 3 atom stereocenters. The van der Waals surface area contributed by atoms with Crippen LogP contribution < -0.4 is 0 Å². The van der Waals surface area contributed by atoms with Crippen LogP contribution in [0.4, 0.5) is 0 Å². The second kappa shape index (κ2) is 10.5. The van der Waals surface area contributed by atoms with E-state index in [0.29, 0.717) is 28.5 Å². The molecule has 0 saturated heterocycles. The summed E-state index contributed by atoms with van der Waals surface area (Å²) >= 11 is 0. The van der Waals surface area contributed by atoms with Crippen LogP contribution in [0.1, 0.15) is 72.4 Å². The van der Waals surface area contributed by atoms with Crippen molar-refractivity contribution in [1.29, 1.82) is 0 Å². The predicted octanol–water partition coefficient (Wildman–Crippen LogP) is 7.04. The first kappa shape index (κ1) is 22.9. The number of ketones is 2. The second-order valence-electron chi connectivity index (χ2n) is 9.01. The molecule has 0 fully saturated rings. The van der Waals surface area contributed by atoms with Gasteiger partial charge in [0.1, 0.15) is 0 Å². The van der Waals surface area contributed by atoms with Crippen LogP contribution in [0, 0.1) is 17.8 Å². The van der Waals surface area contributed by atoms with Gasteiger partial charge in [-0.2, -0.15) is 0 Å². The van der Waals surface area contributed by atoms with E-state index in [1.165, 1.54) is 11.1 Å². The highest BCUT2D eigenvalue weighted by Gasteiger charge is 2.29. The van der Waals surface area contributed by atoms with E-state index < -0.39 is 5.92 Å². The molecule has 2 heteroatoms. The third-order valence-corrected chi connectivity index (χ3v) is 6.48. The number of carbonyl (C=O) groups excluding carboxylic acids is 2. The van der Waals surface area contributed by atoms with Crippen molar-refractivity contribution in [1.82, 2.24) is 0 Å². The lowest BCUT2D eigenvalue weighted by Gasteiger charge is -2.14. The topological polar surface area (TPSA) is 34.1 Å². The Morgan fingerprint density at radius 1 is 0.774 bits per heavy atom. The van der Waals surface area contributed by atoms with Gasteiger partial charge in [-0.05, 0) is 35.8 Å². The summed E-state index contributed by atoms with van der Waals surface area (Å²) in [5.41, 5.74) is 4.35. The number of Topliss-reactive ketones (excluding diaryl/α,β-unsaturated/α-hetero) is 2. The van der Waals surface area contributed by atoms with Crippen molar-refractivity contribution in [2.75, 3.05) is 0 Å². The van der Waals surface area contributed by atoms with Gasteiger partial charge in [-0.3, -0.25) is 9.59 Å². The Balaban J connectivity index is 1.70. The summed E-state index contributed by atoms with van der Waals surface area (Å²) in [7, 11) is 0. The molecule has 2 aromatic rings. The van der Waals surface area contributed by atoms with E-state index in [2.05, 4.69) is 27.7 Å². The van der Waals surface area contributed by atoms with Crippen LogP contribution in [0.25, 0.3) is 0 Å². The Bertz CT molecular complexity index is 961. The molecule has 0 aromatic heterocycles. The van der Waals surface area contributed by atoms with E-state index in [9.17, 15) is 9.59 Å². The van der Waals surface area contributed by atoms with Gasteiger partial charge in [0.05, 0.1) is 5.92 Å². The van der Waals surface area contributed by atoms with Gasteiger partial charge in [-0.25, -0.2) is 0 Å². The van der Waals surface area contributed by atoms with Gasteiger partial charge in [0.25, 0.3) is 0 Å². The first-order valence-electron chi connectivity index (χ1n) is 11.6. The monoisotopic (exact) mass is 414 g/mol. The summed E-state index contributed by atoms with van der Waals surface area (Å²) < 4.78 is 0. The minimum absolute atomic E-state index is 0.0168. The zero-order valence-electron chi connectivity index (χ0n) is 19.2. The molecule has 0 heterocycles. The molecule has 0 N–H and O–H groups in total. The van der Waals surface area contributed by atoms with E-state index in [-0.39, 0.29) is 11.6 Å². The van der Waals surface area contributed by atoms with E-state index in [1.54, 1.807) is 6.08 Å². The molecular formula is C29H34O2. The molecule has 31 heavy (non-hydrogen) atoms. The number of rotatable bonds is 10. The molecule has 0 radical (unpaired) electrons. The lowest BCUT2D eigenvalue weighted by Crippen LogP contribution is -2.19. The van der Waals surface area contributed by atoms with Gasteiger partial charge < -0.3 is 0 Å². The molecule has 0 saturated carbocycles. The Morgan fingerprint density at radius 3 is 1.74 bits per heavy atom. The van der Waals surface area contributed by atoms with Gasteiger partial charge in [-0.1, -0.05) is 107 Å². The van der Waals surface area contributed by atoms with E-state index in [0.717, 1.165) is 25.7 Å². The fraction of sp³-hybridized carbons (Fsp3) is 0.379. The highest BCUT2D eigenvalue weighted by Crippen LogP contribution is 2.28. The Kier molecular flexibility index (Phi) is 7.79. The highest BCUT2D eigenvalue weighted by molar-refractivity contribution is 6.15. The first-order chi connectivity index (χ1) is 14.9. The third kappa shape index (κ3) is 5.70. The fourth-order valence-electron chi connectivity index (χ4n) is 3.96. The van der Waals surface area contributed by atoms with Crippen LogP contribution in [-0.2, 0) is 12.8 Å². The maximum Gasteiger partial charge on any atom is 0.190 e. The Labute approximate surface area is 187 Å². The van der Waals surface area contributed by atoms with Crippen molar-refractivity contribution in [3.63, 3.8) is 0 Å². The number of benzene rings is 2. The summed E-state index contributed by atoms with van der Waals surface area (Å²) in [6, 6.07) is 15.7. The van der Waals surface area contributed by atoms with Crippen molar-refractivity contribution < 1.29 is 9.59 Å². The van der Waals surface area contributed by atoms with Crippen LogP contribution in [0.15, 0.2) is 72.3 Å². The highest BCUT2D eigenvalue weighted by atomic mass is 16.1. The molecule has 2 nitrogen and oxygen atoms in total. The lowest BCUT2D eigenvalue weighted by atomic mass is 9.87. The van der Waals surface area contributed by atoms with Gasteiger partial charge in [0.15, 0.2) is 11.6 Å². The molecule has 2 aromatic carbocycles. The third-order valence-electron chi connectivity index (χ3n) is 6.48. The smallest absolute Gasteiger partial charge is 0.190 e. The van der Waals surface area contributed by atoms with Gasteiger partial charge in [0.2, 0.25) is 0 Å². The zero-order valence-corrected chi connectivity index (χ0v) is 19.2. The van der Waals surface area contributed by atoms with E-state index in [1.807, 2.05) is 60.7 Å². The van der Waals surface area contributed by atoms with E-state index in [4.69, 9.17) is 0 Å². The number of hydrogen-bond acceptors (Lipinski definition) is 2. The zero-order chi connectivity index (χ0) is 22.4. The average molecular weight is 415 g/mol. The minimum Gasteiger partial charge on any atom is -0.293 e. The van der Waals surface area contributed by atoms with E-state index >= 15 is 0 Å². The van der Waals surface area contributed by atoms with Gasteiger partial charge in [0, 0.05) is 16.7 Å². The molecule has 0 bridgehead atoms. The largest absolute Gasteiger partial charge is 0.293 e. The Morgan fingerprint density at radius 2 is 1.26 bits per heavy atom.